The van der Waals surface area contributed by atoms with Crippen LogP contribution in [-0.4, -0.2) is 45.7 Å². The lowest BCUT2D eigenvalue weighted by Gasteiger charge is -2.27. The van der Waals surface area contributed by atoms with Crippen LogP contribution in [0.25, 0.3) is 11.1 Å². The number of rotatable bonds is 15. The fourth-order valence-electron chi connectivity index (χ4n) is 6.01. The van der Waals surface area contributed by atoms with E-state index < -0.39 is 56.7 Å². The zero-order valence-corrected chi connectivity index (χ0v) is 28.4. The summed E-state index contributed by atoms with van der Waals surface area (Å²) in [7, 11) is -3.22. The third-order valence-corrected chi connectivity index (χ3v) is 10.1. The Morgan fingerprint density at radius 2 is 1.54 bits per heavy atom. The molecule has 1 N–H and O–H groups in total. The zero-order valence-electron chi connectivity index (χ0n) is 27.5. The molecule has 0 bridgehead atoms. The van der Waals surface area contributed by atoms with Gasteiger partial charge < -0.3 is 14.2 Å². The number of benzene rings is 4. The normalized spacial score (nSPS) is 19.0. The predicted octanol–water partition coefficient (Wildman–Crippen LogP) is 7.40. The molecule has 0 amide bonds. The molecule has 5 rings (SSSR count). The molecule has 0 aliphatic heterocycles. The Bertz CT molecular complexity index is 1870. The average molecular weight is 704 g/mol. The molecule has 0 unspecified atom stereocenters. The maximum Gasteiger partial charge on any atom is 0.338 e. The van der Waals surface area contributed by atoms with Gasteiger partial charge in [-0.25, -0.2) is 26.7 Å². The van der Waals surface area contributed by atoms with Crippen LogP contribution >= 0.6 is 0 Å². The number of unbranched alkanes of at least 4 members (excludes halogenated alkanes) is 1. The molecule has 8 nitrogen and oxygen atoms in total. The number of allylic oxidation sites excluding steroid dienone is 2. The van der Waals surface area contributed by atoms with Crippen LogP contribution in [0.1, 0.15) is 48.0 Å². The molecule has 4 aromatic carbocycles. The van der Waals surface area contributed by atoms with Gasteiger partial charge in [-0.05, 0) is 60.2 Å². The first kappa shape index (κ1) is 36.6. The minimum absolute atomic E-state index is 0.153. The van der Waals surface area contributed by atoms with Crippen LogP contribution in [0, 0.1) is 17.6 Å². The summed E-state index contributed by atoms with van der Waals surface area (Å²) in [5.41, 5.74) is 3.28. The number of halogens is 2. The Morgan fingerprint density at radius 3 is 2.22 bits per heavy atom. The number of carbonyl (C=O) groups excluding carboxylic acids is 2. The largest absolute Gasteiger partial charge is 0.469 e. The van der Waals surface area contributed by atoms with Crippen molar-refractivity contribution in [2.75, 3.05) is 7.11 Å². The lowest BCUT2D eigenvalue weighted by molar-refractivity contribution is -0.140. The highest BCUT2D eigenvalue weighted by molar-refractivity contribution is 7.89. The van der Waals surface area contributed by atoms with Gasteiger partial charge in [0.05, 0.1) is 31.4 Å². The van der Waals surface area contributed by atoms with E-state index >= 15 is 0 Å². The first-order valence-electron chi connectivity index (χ1n) is 16.4. The molecule has 0 aromatic heterocycles. The number of hydrogen-bond acceptors (Lipinski definition) is 7. The Labute approximate surface area is 291 Å². The van der Waals surface area contributed by atoms with E-state index in [-0.39, 0.29) is 31.0 Å². The van der Waals surface area contributed by atoms with Crippen LogP contribution in [0.5, 0.6) is 0 Å². The van der Waals surface area contributed by atoms with Crippen molar-refractivity contribution < 1.29 is 41.0 Å². The van der Waals surface area contributed by atoms with Gasteiger partial charge in [-0.15, -0.1) is 0 Å². The molecule has 262 valence electrons. The van der Waals surface area contributed by atoms with Crippen LogP contribution in [-0.2, 0) is 35.6 Å². The van der Waals surface area contributed by atoms with E-state index in [2.05, 4.69) is 4.72 Å². The summed E-state index contributed by atoms with van der Waals surface area (Å²) in [6.07, 6.45) is 4.04. The molecule has 50 heavy (non-hydrogen) atoms. The number of sulfonamides is 1. The Hall–Kier alpha value is -4.71. The second-order valence-corrected chi connectivity index (χ2v) is 13.7. The fraction of sp³-hybridized carbons (Fsp3) is 0.282. The predicted molar refractivity (Wildman–Crippen MR) is 184 cm³/mol. The topological polar surface area (TPSA) is 108 Å². The summed E-state index contributed by atoms with van der Waals surface area (Å²) in [4.78, 5) is 24.0. The van der Waals surface area contributed by atoms with E-state index in [1.165, 1.54) is 7.11 Å². The third kappa shape index (κ3) is 9.71. The van der Waals surface area contributed by atoms with Crippen molar-refractivity contribution in [3.05, 3.63) is 138 Å². The summed E-state index contributed by atoms with van der Waals surface area (Å²) in [5, 5.41) is 0. The highest BCUT2D eigenvalue weighted by atomic mass is 32.2. The van der Waals surface area contributed by atoms with Gasteiger partial charge in [0.25, 0.3) is 0 Å². The number of hydrogen-bond donors (Lipinski definition) is 1. The minimum atomic E-state index is -4.54. The van der Waals surface area contributed by atoms with Gasteiger partial charge in [0, 0.05) is 24.8 Å². The number of carbonyl (C=O) groups is 2. The first-order valence-corrected chi connectivity index (χ1v) is 17.8. The number of esters is 2. The first-order chi connectivity index (χ1) is 24.1. The van der Waals surface area contributed by atoms with Gasteiger partial charge >= 0.3 is 11.9 Å². The average Bonchev–Trinajstić information content (AvgIpc) is 3.43. The zero-order chi connectivity index (χ0) is 35.5. The van der Waals surface area contributed by atoms with Gasteiger partial charge in [-0.3, -0.25) is 4.79 Å². The standard InChI is InChI=1S/C39H39F2NO7S/c1-47-37(43)17-11-3-2-10-16-32-34(48-26-27-18-20-29(21-19-27)28-12-6-4-7-13-28)25-35(49-39(44)30-14-8-5-9-15-30)38(32)42-50(45,46)36-23-22-31(40)24-33(36)41/h2,4-10,12-15,18-24,32,34-35,38,42H,3,11,16-17,25-26H2,1H3/b10-2-/t32-,34-,35+,38+/m0/s1. The molecule has 1 aliphatic carbocycles. The molecule has 0 spiro atoms. The Balaban J connectivity index is 1.41. The van der Waals surface area contributed by atoms with Gasteiger partial charge in [-0.2, -0.15) is 0 Å². The Kier molecular flexibility index (Phi) is 12.6. The van der Waals surface area contributed by atoms with E-state index in [1.54, 1.807) is 30.3 Å². The molecule has 1 saturated carbocycles. The van der Waals surface area contributed by atoms with E-state index in [0.29, 0.717) is 25.3 Å². The van der Waals surface area contributed by atoms with E-state index in [4.69, 9.17) is 14.2 Å². The molecule has 4 atom stereocenters. The molecular weight excluding hydrogens is 664 g/mol. The second kappa shape index (κ2) is 17.3. The monoisotopic (exact) mass is 703 g/mol. The second-order valence-electron chi connectivity index (χ2n) is 12.0. The van der Waals surface area contributed by atoms with Crippen molar-refractivity contribution >= 4 is 22.0 Å². The number of ether oxygens (including phenoxy) is 3. The molecule has 1 fully saturated rings. The van der Waals surface area contributed by atoms with Crippen molar-refractivity contribution in [3.8, 4) is 11.1 Å². The number of nitrogens with one attached hydrogen (secondary N) is 1. The quantitative estimate of drug-likeness (QED) is 0.0781. The van der Waals surface area contributed by atoms with Crippen LogP contribution < -0.4 is 4.72 Å². The molecule has 0 heterocycles. The van der Waals surface area contributed by atoms with Crippen molar-refractivity contribution in [2.24, 2.45) is 5.92 Å². The van der Waals surface area contributed by atoms with Crippen molar-refractivity contribution in [1.29, 1.82) is 0 Å². The van der Waals surface area contributed by atoms with Crippen molar-refractivity contribution in [3.63, 3.8) is 0 Å². The Morgan fingerprint density at radius 1 is 0.860 bits per heavy atom. The lowest BCUT2D eigenvalue weighted by atomic mass is 9.97. The maximum atomic E-state index is 14.8. The van der Waals surface area contributed by atoms with Crippen molar-refractivity contribution in [2.45, 2.75) is 61.9 Å². The third-order valence-electron chi connectivity index (χ3n) is 8.63. The van der Waals surface area contributed by atoms with Crippen LogP contribution in [0.4, 0.5) is 8.78 Å². The SMILES string of the molecule is COC(=O)CCC/C=C\C[C@@H]1[C@@H](NS(=O)(=O)c2ccc(F)cc2F)[C@H](OC(=O)c2ccccc2)C[C@@H]1OCc1ccc(-c2ccccc2)cc1. The maximum absolute atomic E-state index is 14.8. The highest BCUT2D eigenvalue weighted by Gasteiger charge is 2.47. The highest BCUT2D eigenvalue weighted by Crippen LogP contribution is 2.36. The van der Waals surface area contributed by atoms with Crippen molar-refractivity contribution in [1.82, 2.24) is 4.72 Å². The van der Waals surface area contributed by atoms with Crippen LogP contribution in [0.2, 0.25) is 0 Å². The molecule has 0 saturated heterocycles. The molecule has 4 aromatic rings. The summed E-state index contributed by atoms with van der Waals surface area (Å²) in [5.74, 6) is -3.69. The van der Waals surface area contributed by atoms with Crippen LogP contribution in [0.3, 0.4) is 0 Å². The van der Waals surface area contributed by atoms with Gasteiger partial charge in [-0.1, -0.05) is 84.9 Å². The minimum Gasteiger partial charge on any atom is -0.469 e. The molecule has 1 aliphatic rings. The van der Waals surface area contributed by atoms with Crippen LogP contribution in [0.15, 0.2) is 120 Å². The summed E-state index contributed by atoms with van der Waals surface area (Å²) < 4.78 is 75.3. The van der Waals surface area contributed by atoms with E-state index in [1.807, 2.05) is 66.7 Å². The molecule has 0 radical (unpaired) electrons. The lowest BCUT2D eigenvalue weighted by Crippen LogP contribution is -2.46. The fourth-order valence-corrected chi connectivity index (χ4v) is 7.39. The van der Waals surface area contributed by atoms with E-state index in [9.17, 15) is 26.8 Å². The van der Waals surface area contributed by atoms with Gasteiger partial charge in [0.2, 0.25) is 10.0 Å². The molecular formula is C39H39F2NO7S. The summed E-state index contributed by atoms with van der Waals surface area (Å²) in [6, 6.07) is 27.3. The summed E-state index contributed by atoms with van der Waals surface area (Å²) in [6.45, 7) is 0.199. The van der Waals surface area contributed by atoms with E-state index in [0.717, 1.165) is 28.8 Å². The van der Waals surface area contributed by atoms with Gasteiger partial charge in [0.15, 0.2) is 0 Å². The number of methoxy groups -OCH3 is 1. The van der Waals surface area contributed by atoms with Gasteiger partial charge in [0.1, 0.15) is 22.6 Å². The molecule has 11 heteroatoms. The smallest absolute Gasteiger partial charge is 0.338 e. The summed E-state index contributed by atoms with van der Waals surface area (Å²) >= 11 is 0.